The van der Waals surface area contributed by atoms with Crippen molar-refractivity contribution in [1.29, 1.82) is 0 Å². The zero-order valence-corrected chi connectivity index (χ0v) is 17.7. The lowest BCUT2D eigenvalue weighted by Gasteiger charge is -2.23. The largest absolute Gasteiger partial charge is 0.481 e. The SMILES string of the molecule is CCN(CC)c1cccc(N(N=Nc2cc(Cl)ccc2Cl)C(=O)CCC(=O)O)c1. The van der Waals surface area contributed by atoms with E-state index >= 15 is 0 Å². The van der Waals surface area contributed by atoms with Crippen LogP contribution in [0.15, 0.2) is 52.8 Å². The normalized spacial score (nSPS) is 10.9. The molecular weight excluding hydrogens is 415 g/mol. The number of halogens is 2. The van der Waals surface area contributed by atoms with Crippen LogP contribution in [0.2, 0.25) is 10.0 Å². The molecule has 2 rings (SSSR count). The summed E-state index contributed by atoms with van der Waals surface area (Å²) in [4.78, 5) is 25.7. The molecule has 1 N–H and O–H groups in total. The number of carbonyl (C=O) groups excluding carboxylic acids is 1. The van der Waals surface area contributed by atoms with Gasteiger partial charge >= 0.3 is 5.97 Å². The van der Waals surface area contributed by atoms with Crippen LogP contribution in [0.4, 0.5) is 17.1 Å². The van der Waals surface area contributed by atoms with Crippen LogP contribution >= 0.6 is 23.2 Å². The van der Waals surface area contributed by atoms with Crippen molar-refractivity contribution in [3.05, 3.63) is 52.5 Å². The number of carboxylic acid groups (broad SMARTS) is 1. The molecule has 0 aromatic heterocycles. The third kappa shape index (κ3) is 6.44. The van der Waals surface area contributed by atoms with Gasteiger partial charge in [0.05, 0.1) is 17.1 Å². The number of benzene rings is 2. The number of nitrogens with zero attached hydrogens (tertiary/aromatic N) is 4. The van der Waals surface area contributed by atoms with Crippen LogP contribution in [-0.4, -0.2) is 30.1 Å². The molecule has 154 valence electrons. The van der Waals surface area contributed by atoms with E-state index in [2.05, 4.69) is 15.2 Å². The quantitative estimate of drug-likeness (QED) is 0.401. The van der Waals surface area contributed by atoms with Crippen LogP contribution in [0.5, 0.6) is 0 Å². The third-order valence-corrected chi connectivity index (χ3v) is 4.70. The van der Waals surface area contributed by atoms with Crippen LogP contribution in [-0.2, 0) is 9.59 Å². The second-order valence-electron chi connectivity index (χ2n) is 6.08. The number of amides is 1. The van der Waals surface area contributed by atoms with Crippen molar-refractivity contribution in [3.63, 3.8) is 0 Å². The fourth-order valence-electron chi connectivity index (χ4n) is 2.63. The number of hydrogen-bond donors (Lipinski definition) is 1. The second kappa shape index (κ2) is 10.8. The highest BCUT2D eigenvalue weighted by atomic mass is 35.5. The lowest BCUT2D eigenvalue weighted by Crippen LogP contribution is -2.26. The summed E-state index contributed by atoms with van der Waals surface area (Å²) in [6.45, 7) is 5.67. The van der Waals surface area contributed by atoms with E-state index in [4.69, 9.17) is 28.3 Å². The van der Waals surface area contributed by atoms with Crippen molar-refractivity contribution >= 4 is 52.1 Å². The van der Waals surface area contributed by atoms with Gasteiger partial charge in [-0.3, -0.25) is 9.59 Å². The van der Waals surface area contributed by atoms with Gasteiger partial charge in [-0.15, -0.1) is 5.11 Å². The van der Waals surface area contributed by atoms with Crippen LogP contribution < -0.4 is 9.91 Å². The summed E-state index contributed by atoms with van der Waals surface area (Å²) in [7, 11) is 0. The van der Waals surface area contributed by atoms with Crippen molar-refractivity contribution in [3.8, 4) is 0 Å². The zero-order chi connectivity index (χ0) is 21.4. The summed E-state index contributed by atoms with van der Waals surface area (Å²) >= 11 is 12.1. The van der Waals surface area contributed by atoms with E-state index < -0.39 is 11.9 Å². The highest BCUT2D eigenvalue weighted by Gasteiger charge is 2.18. The monoisotopic (exact) mass is 436 g/mol. The molecule has 0 aliphatic rings. The van der Waals surface area contributed by atoms with E-state index in [1.807, 2.05) is 32.0 Å². The first-order valence-corrected chi connectivity index (χ1v) is 9.87. The number of aliphatic carboxylic acids is 1. The van der Waals surface area contributed by atoms with Crippen LogP contribution in [0.25, 0.3) is 0 Å². The first kappa shape index (κ1) is 22.6. The summed E-state index contributed by atoms with van der Waals surface area (Å²) in [5.74, 6) is -1.56. The Bertz CT molecular complexity index is 901. The second-order valence-corrected chi connectivity index (χ2v) is 6.92. The summed E-state index contributed by atoms with van der Waals surface area (Å²) < 4.78 is 0. The standard InChI is InChI=1S/C20H22Cl2N4O3/c1-3-25(4-2)15-6-5-7-16(13-15)26(19(27)10-11-20(28)29)24-23-18-12-14(21)8-9-17(18)22/h5-9,12-13H,3-4,10-11H2,1-2H3,(H,28,29). The lowest BCUT2D eigenvalue weighted by atomic mass is 10.2. The molecule has 0 aliphatic heterocycles. The molecule has 2 aromatic rings. The molecule has 0 bridgehead atoms. The van der Waals surface area contributed by atoms with Gasteiger partial charge in [0, 0.05) is 30.2 Å². The molecule has 0 atom stereocenters. The molecule has 0 saturated carbocycles. The summed E-state index contributed by atoms with van der Waals surface area (Å²) in [5.41, 5.74) is 1.70. The van der Waals surface area contributed by atoms with E-state index in [1.165, 1.54) is 6.07 Å². The van der Waals surface area contributed by atoms with Gasteiger partial charge in [-0.2, -0.15) is 5.01 Å². The maximum absolute atomic E-state index is 12.7. The smallest absolute Gasteiger partial charge is 0.303 e. The predicted molar refractivity (Wildman–Crippen MR) is 115 cm³/mol. The van der Waals surface area contributed by atoms with Crippen LogP contribution in [0, 0.1) is 0 Å². The molecule has 0 unspecified atom stereocenters. The van der Waals surface area contributed by atoms with Crippen molar-refractivity contribution < 1.29 is 14.7 Å². The van der Waals surface area contributed by atoms with Gasteiger partial charge in [-0.25, -0.2) is 0 Å². The average molecular weight is 437 g/mol. The molecule has 0 saturated heterocycles. The first-order chi connectivity index (χ1) is 13.8. The molecule has 0 aliphatic carbocycles. The maximum Gasteiger partial charge on any atom is 0.303 e. The topological polar surface area (TPSA) is 85.6 Å². The molecule has 0 heterocycles. The van der Waals surface area contributed by atoms with Gasteiger partial charge in [0.15, 0.2) is 0 Å². The summed E-state index contributed by atoms with van der Waals surface area (Å²) in [5, 5.41) is 18.9. The Morgan fingerprint density at radius 2 is 1.69 bits per heavy atom. The molecule has 0 radical (unpaired) electrons. The van der Waals surface area contributed by atoms with Crippen LogP contribution in [0.3, 0.4) is 0 Å². The van der Waals surface area contributed by atoms with Gasteiger partial charge < -0.3 is 10.0 Å². The fraction of sp³-hybridized carbons (Fsp3) is 0.300. The number of hydrogen-bond acceptors (Lipinski definition) is 5. The number of rotatable bonds is 9. The Hall–Kier alpha value is -2.64. The van der Waals surface area contributed by atoms with Gasteiger partial charge in [0.25, 0.3) is 0 Å². The predicted octanol–water partition coefficient (Wildman–Crippen LogP) is 5.74. The van der Waals surface area contributed by atoms with Crippen LogP contribution in [0.1, 0.15) is 26.7 Å². The average Bonchev–Trinajstić information content (AvgIpc) is 2.70. The van der Waals surface area contributed by atoms with Gasteiger partial charge in [-0.05, 0) is 50.2 Å². The van der Waals surface area contributed by atoms with Gasteiger partial charge in [0.2, 0.25) is 5.91 Å². The lowest BCUT2D eigenvalue weighted by molar-refractivity contribution is -0.138. The van der Waals surface area contributed by atoms with Gasteiger partial charge in [-0.1, -0.05) is 34.5 Å². The molecular formula is C20H22Cl2N4O3. The zero-order valence-electron chi connectivity index (χ0n) is 16.2. The Balaban J connectivity index is 2.41. The minimum atomic E-state index is -1.06. The van der Waals surface area contributed by atoms with E-state index in [0.29, 0.717) is 21.4 Å². The molecule has 7 nitrogen and oxygen atoms in total. The third-order valence-electron chi connectivity index (χ3n) is 4.14. The Morgan fingerprint density at radius 1 is 1.00 bits per heavy atom. The molecule has 0 spiro atoms. The Labute approximate surface area is 179 Å². The van der Waals surface area contributed by atoms with E-state index in [9.17, 15) is 9.59 Å². The highest BCUT2D eigenvalue weighted by Crippen LogP contribution is 2.30. The minimum absolute atomic E-state index is 0.215. The molecule has 1 amide bonds. The van der Waals surface area contributed by atoms with E-state index in [-0.39, 0.29) is 12.8 Å². The molecule has 9 heteroatoms. The fourth-order valence-corrected chi connectivity index (χ4v) is 2.95. The van der Waals surface area contributed by atoms with E-state index in [0.717, 1.165) is 23.8 Å². The molecule has 29 heavy (non-hydrogen) atoms. The van der Waals surface area contributed by atoms with Crippen molar-refractivity contribution in [2.24, 2.45) is 10.3 Å². The van der Waals surface area contributed by atoms with E-state index in [1.54, 1.807) is 18.2 Å². The van der Waals surface area contributed by atoms with Gasteiger partial charge in [0.1, 0.15) is 5.69 Å². The van der Waals surface area contributed by atoms with Crippen molar-refractivity contribution in [2.45, 2.75) is 26.7 Å². The summed E-state index contributed by atoms with van der Waals surface area (Å²) in [6.07, 6.45) is -0.522. The molecule has 0 fully saturated rings. The number of anilines is 2. The first-order valence-electron chi connectivity index (χ1n) is 9.12. The number of carboxylic acids is 1. The minimum Gasteiger partial charge on any atom is -0.481 e. The Morgan fingerprint density at radius 3 is 2.34 bits per heavy atom. The van der Waals surface area contributed by atoms with Crippen molar-refractivity contribution in [1.82, 2.24) is 0 Å². The van der Waals surface area contributed by atoms with Crippen molar-refractivity contribution in [2.75, 3.05) is 23.0 Å². The number of carbonyl (C=O) groups is 2. The Kier molecular flexibility index (Phi) is 8.42. The highest BCUT2D eigenvalue weighted by molar-refractivity contribution is 6.35. The molecule has 2 aromatic carbocycles. The summed E-state index contributed by atoms with van der Waals surface area (Å²) in [6, 6.07) is 12.0. The maximum atomic E-state index is 12.7.